The van der Waals surface area contributed by atoms with Gasteiger partial charge in [0.1, 0.15) is 11.6 Å². The van der Waals surface area contributed by atoms with Gasteiger partial charge < -0.3 is 14.6 Å². The maximum atomic E-state index is 12.6. The highest BCUT2D eigenvalue weighted by atomic mass is 16.3. The van der Waals surface area contributed by atoms with Crippen LogP contribution in [0.2, 0.25) is 0 Å². The van der Waals surface area contributed by atoms with Crippen molar-refractivity contribution in [2.75, 3.05) is 11.9 Å². The predicted molar refractivity (Wildman–Crippen MR) is 90.5 cm³/mol. The molecule has 0 radical (unpaired) electrons. The van der Waals surface area contributed by atoms with Crippen LogP contribution < -0.4 is 5.32 Å². The van der Waals surface area contributed by atoms with Crippen LogP contribution in [0.3, 0.4) is 0 Å². The molecular weight excluding hydrogens is 320 g/mol. The number of furan rings is 1. The van der Waals surface area contributed by atoms with Gasteiger partial charge in [0.15, 0.2) is 0 Å². The SMILES string of the molecule is C[C@H](C1CC1)n1nccc1NC(=O)[C@H]1CC(=O)N(Cc2ccco2)C1. The first-order chi connectivity index (χ1) is 12.1. The van der Waals surface area contributed by atoms with Crippen LogP contribution in [0.15, 0.2) is 35.1 Å². The lowest BCUT2D eigenvalue weighted by Crippen LogP contribution is -2.28. The molecule has 0 unspecified atom stereocenters. The number of anilines is 1. The first kappa shape index (κ1) is 15.9. The molecule has 1 saturated carbocycles. The number of carbonyl (C=O) groups excluding carboxylic acids is 2. The molecule has 2 atom stereocenters. The van der Waals surface area contributed by atoms with Gasteiger partial charge in [0.25, 0.3) is 0 Å². The molecule has 7 heteroatoms. The van der Waals surface area contributed by atoms with E-state index < -0.39 is 0 Å². The number of carbonyl (C=O) groups is 2. The van der Waals surface area contributed by atoms with Crippen LogP contribution in [-0.4, -0.2) is 33.0 Å². The van der Waals surface area contributed by atoms with Crippen molar-refractivity contribution in [1.29, 1.82) is 0 Å². The standard InChI is InChI=1S/C18H22N4O3/c1-12(13-4-5-13)22-16(6-7-19-22)20-18(24)14-9-17(23)21(10-14)11-15-3-2-8-25-15/h2-3,6-8,12-14H,4-5,9-11H2,1H3,(H,20,24)/t12-,14+/m1/s1. The monoisotopic (exact) mass is 342 g/mol. The molecule has 0 aromatic carbocycles. The summed E-state index contributed by atoms with van der Waals surface area (Å²) in [6, 6.07) is 5.72. The molecular formula is C18H22N4O3. The van der Waals surface area contributed by atoms with E-state index in [1.165, 1.54) is 12.8 Å². The Labute approximate surface area is 146 Å². The zero-order valence-corrected chi connectivity index (χ0v) is 14.2. The molecule has 7 nitrogen and oxygen atoms in total. The molecule has 1 saturated heterocycles. The van der Waals surface area contributed by atoms with Crippen LogP contribution in [0, 0.1) is 11.8 Å². The van der Waals surface area contributed by atoms with Crippen molar-refractivity contribution < 1.29 is 14.0 Å². The van der Waals surface area contributed by atoms with Crippen LogP contribution in [0.1, 0.15) is 38.0 Å². The summed E-state index contributed by atoms with van der Waals surface area (Å²) in [5.74, 6) is 1.60. The highest BCUT2D eigenvalue weighted by molar-refractivity contribution is 5.96. The van der Waals surface area contributed by atoms with Crippen molar-refractivity contribution in [1.82, 2.24) is 14.7 Å². The molecule has 25 heavy (non-hydrogen) atoms. The molecule has 1 N–H and O–H groups in total. The zero-order chi connectivity index (χ0) is 17.4. The minimum Gasteiger partial charge on any atom is -0.467 e. The molecule has 2 fully saturated rings. The van der Waals surface area contributed by atoms with Crippen LogP contribution in [0.25, 0.3) is 0 Å². The summed E-state index contributed by atoms with van der Waals surface area (Å²) in [6.07, 6.45) is 5.96. The average molecular weight is 342 g/mol. The van der Waals surface area contributed by atoms with Gasteiger partial charge in [-0.2, -0.15) is 5.10 Å². The van der Waals surface area contributed by atoms with Crippen molar-refractivity contribution in [2.24, 2.45) is 11.8 Å². The maximum absolute atomic E-state index is 12.6. The van der Waals surface area contributed by atoms with E-state index in [2.05, 4.69) is 17.3 Å². The minimum absolute atomic E-state index is 0.0172. The lowest BCUT2D eigenvalue weighted by Gasteiger charge is -2.17. The predicted octanol–water partition coefficient (Wildman–Crippen LogP) is 2.43. The Morgan fingerprint density at radius 3 is 3.00 bits per heavy atom. The summed E-state index contributed by atoms with van der Waals surface area (Å²) in [5.41, 5.74) is 0. The number of likely N-dealkylation sites (tertiary alicyclic amines) is 1. The first-order valence-electron chi connectivity index (χ1n) is 8.76. The number of nitrogens with zero attached hydrogens (tertiary/aromatic N) is 3. The molecule has 0 bridgehead atoms. The number of amides is 2. The van der Waals surface area contributed by atoms with Gasteiger partial charge in [-0.25, -0.2) is 4.68 Å². The number of rotatable bonds is 6. The van der Waals surface area contributed by atoms with Gasteiger partial charge in [0, 0.05) is 19.0 Å². The Bertz CT molecular complexity index is 763. The Hall–Kier alpha value is -2.57. The lowest BCUT2D eigenvalue weighted by molar-refractivity contribution is -0.128. The van der Waals surface area contributed by atoms with Crippen molar-refractivity contribution in [3.8, 4) is 0 Å². The maximum Gasteiger partial charge on any atom is 0.230 e. The number of aromatic nitrogens is 2. The van der Waals surface area contributed by atoms with E-state index in [-0.39, 0.29) is 30.2 Å². The largest absolute Gasteiger partial charge is 0.467 e. The van der Waals surface area contributed by atoms with E-state index in [4.69, 9.17) is 4.42 Å². The van der Waals surface area contributed by atoms with Gasteiger partial charge >= 0.3 is 0 Å². The second kappa shape index (κ2) is 6.38. The number of hydrogen-bond acceptors (Lipinski definition) is 4. The molecule has 0 spiro atoms. The van der Waals surface area contributed by atoms with Gasteiger partial charge in [0.05, 0.1) is 31.0 Å². The molecule has 3 heterocycles. The highest BCUT2D eigenvalue weighted by Crippen LogP contribution is 2.40. The second-order valence-electron chi connectivity index (χ2n) is 6.98. The van der Waals surface area contributed by atoms with Crippen molar-refractivity contribution >= 4 is 17.6 Å². The molecule has 4 rings (SSSR count). The first-order valence-corrected chi connectivity index (χ1v) is 8.76. The van der Waals surface area contributed by atoms with Crippen LogP contribution in [0.5, 0.6) is 0 Å². The third-order valence-electron chi connectivity index (χ3n) is 5.12. The van der Waals surface area contributed by atoms with E-state index in [1.54, 1.807) is 23.4 Å². The summed E-state index contributed by atoms with van der Waals surface area (Å²) < 4.78 is 7.17. The highest BCUT2D eigenvalue weighted by Gasteiger charge is 2.36. The zero-order valence-electron chi connectivity index (χ0n) is 14.2. The molecule has 2 amide bonds. The Morgan fingerprint density at radius 2 is 2.28 bits per heavy atom. The molecule has 132 valence electrons. The van der Waals surface area contributed by atoms with Crippen LogP contribution in [0.4, 0.5) is 5.82 Å². The topological polar surface area (TPSA) is 80.4 Å². The van der Waals surface area contributed by atoms with E-state index in [0.717, 1.165) is 5.76 Å². The minimum atomic E-state index is -0.345. The van der Waals surface area contributed by atoms with Gasteiger partial charge in [-0.3, -0.25) is 9.59 Å². The third-order valence-corrected chi connectivity index (χ3v) is 5.12. The van der Waals surface area contributed by atoms with Gasteiger partial charge in [-0.05, 0) is 37.8 Å². The van der Waals surface area contributed by atoms with E-state index in [0.29, 0.717) is 24.8 Å². The average Bonchev–Trinajstić information content (AvgIpc) is 2.96. The summed E-state index contributed by atoms with van der Waals surface area (Å²) >= 11 is 0. The fourth-order valence-corrected chi connectivity index (χ4v) is 3.44. The molecule has 2 aromatic rings. The lowest BCUT2D eigenvalue weighted by atomic mass is 10.1. The van der Waals surface area contributed by atoms with Gasteiger partial charge in [-0.1, -0.05) is 0 Å². The quantitative estimate of drug-likeness (QED) is 0.874. The van der Waals surface area contributed by atoms with E-state index in [9.17, 15) is 9.59 Å². The fourth-order valence-electron chi connectivity index (χ4n) is 3.44. The van der Waals surface area contributed by atoms with Gasteiger partial charge in [0.2, 0.25) is 11.8 Å². The van der Waals surface area contributed by atoms with Crippen LogP contribution in [-0.2, 0) is 16.1 Å². The summed E-state index contributed by atoms with van der Waals surface area (Å²) in [4.78, 5) is 26.5. The molecule has 1 aliphatic carbocycles. The Balaban J connectivity index is 1.39. The smallest absolute Gasteiger partial charge is 0.230 e. The molecule has 2 aliphatic rings. The third kappa shape index (κ3) is 3.31. The molecule has 2 aromatic heterocycles. The van der Waals surface area contributed by atoms with Crippen molar-refractivity contribution in [3.05, 3.63) is 36.4 Å². The Kier molecular flexibility index (Phi) is 4.07. The fraction of sp³-hybridized carbons (Fsp3) is 0.500. The van der Waals surface area contributed by atoms with E-state index in [1.807, 2.05) is 16.8 Å². The summed E-state index contributed by atoms with van der Waals surface area (Å²) in [5, 5.41) is 7.30. The number of nitrogens with one attached hydrogen (secondary N) is 1. The summed E-state index contributed by atoms with van der Waals surface area (Å²) in [6.45, 7) is 2.95. The summed E-state index contributed by atoms with van der Waals surface area (Å²) in [7, 11) is 0. The van der Waals surface area contributed by atoms with Crippen molar-refractivity contribution in [2.45, 2.75) is 38.8 Å². The van der Waals surface area contributed by atoms with Gasteiger partial charge in [-0.15, -0.1) is 0 Å². The normalized spacial score (nSPS) is 21.6. The number of hydrogen-bond donors (Lipinski definition) is 1. The van der Waals surface area contributed by atoms with Crippen molar-refractivity contribution in [3.63, 3.8) is 0 Å². The second-order valence-corrected chi connectivity index (χ2v) is 6.98. The Morgan fingerprint density at radius 1 is 1.44 bits per heavy atom. The van der Waals surface area contributed by atoms with E-state index >= 15 is 0 Å². The van der Waals surface area contributed by atoms with Crippen LogP contribution >= 0.6 is 0 Å². The molecule has 1 aliphatic heterocycles.